The van der Waals surface area contributed by atoms with Gasteiger partial charge in [-0.2, -0.15) is 5.10 Å². The molecular formula is C13H12N4. The summed E-state index contributed by atoms with van der Waals surface area (Å²) in [5.74, 6) is 0. The Balaban J connectivity index is 2.20. The minimum Gasteiger partial charge on any atom is -0.399 e. The van der Waals surface area contributed by atoms with Gasteiger partial charge in [0.25, 0.3) is 0 Å². The number of hydrogen-bond donors (Lipinski definition) is 1. The zero-order chi connectivity index (χ0) is 11.8. The summed E-state index contributed by atoms with van der Waals surface area (Å²) in [5.41, 5.74) is 10.3. The number of imidazole rings is 1. The minimum atomic E-state index is 0.742. The first-order valence-electron chi connectivity index (χ1n) is 5.41. The van der Waals surface area contributed by atoms with Crippen molar-refractivity contribution in [3.05, 3.63) is 48.3 Å². The minimum absolute atomic E-state index is 0.742. The van der Waals surface area contributed by atoms with Crippen molar-refractivity contribution in [2.45, 2.75) is 6.92 Å². The first-order valence-corrected chi connectivity index (χ1v) is 5.41. The molecule has 0 aliphatic heterocycles. The van der Waals surface area contributed by atoms with Crippen LogP contribution in [0.25, 0.3) is 16.9 Å². The average Bonchev–Trinajstić information content (AvgIpc) is 2.71. The molecule has 0 aliphatic carbocycles. The lowest BCUT2D eigenvalue weighted by atomic mass is 10.1. The Morgan fingerprint density at radius 2 is 2.06 bits per heavy atom. The number of hydrogen-bond acceptors (Lipinski definition) is 3. The van der Waals surface area contributed by atoms with Gasteiger partial charge in [0, 0.05) is 11.3 Å². The second-order valence-electron chi connectivity index (χ2n) is 4.01. The number of benzene rings is 1. The summed E-state index contributed by atoms with van der Waals surface area (Å²) in [6, 6.07) is 11.6. The van der Waals surface area contributed by atoms with Crippen LogP contribution in [-0.2, 0) is 0 Å². The lowest BCUT2D eigenvalue weighted by molar-refractivity contribution is 0.905. The Morgan fingerprint density at radius 1 is 1.18 bits per heavy atom. The van der Waals surface area contributed by atoms with Crippen molar-refractivity contribution in [1.82, 2.24) is 14.6 Å². The summed E-state index contributed by atoms with van der Waals surface area (Å²) in [6.07, 6.45) is 1.81. The highest BCUT2D eigenvalue weighted by molar-refractivity contribution is 5.64. The van der Waals surface area contributed by atoms with E-state index in [1.54, 1.807) is 0 Å². The summed E-state index contributed by atoms with van der Waals surface area (Å²) >= 11 is 0. The molecule has 1 aromatic carbocycles. The molecule has 4 heteroatoms. The molecule has 0 saturated carbocycles. The fourth-order valence-corrected chi connectivity index (χ4v) is 1.84. The van der Waals surface area contributed by atoms with Crippen LogP contribution in [0.1, 0.15) is 5.69 Å². The predicted octanol–water partition coefficient (Wildman–Crippen LogP) is 2.29. The van der Waals surface area contributed by atoms with Crippen molar-refractivity contribution >= 4 is 11.3 Å². The number of rotatable bonds is 1. The van der Waals surface area contributed by atoms with Crippen molar-refractivity contribution in [2.24, 2.45) is 0 Å². The first-order chi connectivity index (χ1) is 8.24. The molecule has 0 fully saturated rings. The van der Waals surface area contributed by atoms with E-state index in [9.17, 15) is 0 Å². The lowest BCUT2D eigenvalue weighted by Crippen LogP contribution is -1.96. The molecule has 0 unspecified atom stereocenters. The molecule has 2 aromatic heterocycles. The molecular weight excluding hydrogens is 212 g/mol. The van der Waals surface area contributed by atoms with E-state index in [1.807, 2.05) is 54.0 Å². The number of fused-ring (bicyclic) bond motifs is 1. The Hall–Kier alpha value is -2.36. The number of anilines is 1. The quantitative estimate of drug-likeness (QED) is 0.645. The maximum Gasteiger partial charge on any atom is 0.153 e. The van der Waals surface area contributed by atoms with Crippen LogP contribution in [0.15, 0.2) is 42.6 Å². The molecule has 3 aromatic rings. The fourth-order valence-electron chi connectivity index (χ4n) is 1.84. The number of aromatic nitrogens is 3. The van der Waals surface area contributed by atoms with Crippen molar-refractivity contribution in [3.8, 4) is 11.3 Å². The molecule has 17 heavy (non-hydrogen) atoms. The molecule has 0 atom stereocenters. The van der Waals surface area contributed by atoms with Gasteiger partial charge in [-0.15, -0.1) is 0 Å². The summed E-state index contributed by atoms with van der Waals surface area (Å²) in [4.78, 5) is 4.25. The van der Waals surface area contributed by atoms with Gasteiger partial charge in [0.2, 0.25) is 0 Å². The van der Waals surface area contributed by atoms with E-state index >= 15 is 0 Å². The molecule has 0 bridgehead atoms. The van der Waals surface area contributed by atoms with Gasteiger partial charge in [0.05, 0.1) is 17.6 Å². The van der Waals surface area contributed by atoms with Crippen molar-refractivity contribution in [2.75, 3.05) is 5.73 Å². The highest BCUT2D eigenvalue weighted by Gasteiger charge is 2.04. The van der Waals surface area contributed by atoms with E-state index < -0.39 is 0 Å². The average molecular weight is 224 g/mol. The van der Waals surface area contributed by atoms with Crippen LogP contribution in [0.3, 0.4) is 0 Å². The molecule has 0 amide bonds. The molecule has 84 valence electrons. The van der Waals surface area contributed by atoms with E-state index in [2.05, 4.69) is 10.1 Å². The highest BCUT2D eigenvalue weighted by Crippen LogP contribution is 2.19. The van der Waals surface area contributed by atoms with Crippen LogP contribution in [0.5, 0.6) is 0 Å². The summed E-state index contributed by atoms with van der Waals surface area (Å²) in [7, 11) is 0. The molecule has 4 nitrogen and oxygen atoms in total. The molecule has 0 saturated heterocycles. The van der Waals surface area contributed by atoms with Crippen LogP contribution in [0, 0.1) is 6.92 Å². The van der Waals surface area contributed by atoms with Gasteiger partial charge >= 0.3 is 0 Å². The number of nitrogens with two attached hydrogens (primary N) is 1. The predicted molar refractivity (Wildman–Crippen MR) is 67.6 cm³/mol. The van der Waals surface area contributed by atoms with Crippen LogP contribution in [0.2, 0.25) is 0 Å². The van der Waals surface area contributed by atoms with Gasteiger partial charge in [0.1, 0.15) is 0 Å². The lowest BCUT2D eigenvalue weighted by Gasteiger charge is -2.03. The zero-order valence-electron chi connectivity index (χ0n) is 9.46. The Kier molecular flexibility index (Phi) is 2.08. The number of nitrogens with zero attached hydrogens (tertiary/aromatic N) is 3. The van der Waals surface area contributed by atoms with E-state index in [1.165, 1.54) is 0 Å². The normalized spacial score (nSPS) is 10.9. The van der Waals surface area contributed by atoms with E-state index in [0.717, 1.165) is 28.3 Å². The molecule has 3 rings (SSSR count). The van der Waals surface area contributed by atoms with Gasteiger partial charge in [-0.3, -0.25) is 0 Å². The first kappa shape index (κ1) is 9.84. The Labute approximate surface area is 98.7 Å². The van der Waals surface area contributed by atoms with Crippen LogP contribution in [0.4, 0.5) is 5.69 Å². The second-order valence-corrected chi connectivity index (χ2v) is 4.01. The van der Waals surface area contributed by atoms with Gasteiger partial charge in [-0.05, 0) is 31.2 Å². The topological polar surface area (TPSA) is 56.2 Å². The molecule has 2 N–H and O–H groups in total. The maximum atomic E-state index is 5.77. The highest BCUT2D eigenvalue weighted by atomic mass is 15.3. The third-order valence-electron chi connectivity index (χ3n) is 2.72. The standard InChI is InChI=1S/C13H12N4/c1-9-8-15-13-6-5-12(16-17(9)13)10-3-2-4-11(14)7-10/h2-8H,14H2,1H3. The van der Waals surface area contributed by atoms with Crippen molar-refractivity contribution in [1.29, 1.82) is 0 Å². The largest absolute Gasteiger partial charge is 0.399 e. The molecule has 2 heterocycles. The smallest absolute Gasteiger partial charge is 0.153 e. The third-order valence-corrected chi connectivity index (χ3v) is 2.72. The maximum absolute atomic E-state index is 5.77. The Bertz CT molecular complexity index is 685. The third kappa shape index (κ3) is 1.63. The molecule has 0 radical (unpaired) electrons. The Morgan fingerprint density at radius 3 is 2.88 bits per heavy atom. The fraction of sp³-hybridized carbons (Fsp3) is 0.0769. The van der Waals surface area contributed by atoms with Gasteiger partial charge < -0.3 is 5.73 Å². The number of aryl methyl sites for hydroxylation is 1. The zero-order valence-corrected chi connectivity index (χ0v) is 9.46. The molecule has 0 aliphatic rings. The van der Waals surface area contributed by atoms with E-state index in [-0.39, 0.29) is 0 Å². The van der Waals surface area contributed by atoms with Crippen LogP contribution >= 0.6 is 0 Å². The SMILES string of the molecule is Cc1cnc2ccc(-c3cccc(N)c3)nn12. The summed E-state index contributed by atoms with van der Waals surface area (Å²) < 4.78 is 1.83. The van der Waals surface area contributed by atoms with Crippen LogP contribution < -0.4 is 5.73 Å². The van der Waals surface area contributed by atoms with Gasteiger partial charge in [0.15, 0.2) is 5.65 Å². The van der Waals surface area contributed by atoms with Gasteiger partial charge in [-0.25, -0.2) is 9.50 Å². The van der Waals surface area contributed by atoms with Gasteiger partial charge in [-0.1, -0.05) is 12.1 Å². The second kappa shape index (κ2) is 3.59. The van der Waals surface area contributed by atoms with Crippen LogP contribution in [-0.4, -0.2) is 14.6 Å². The summed E-state index contributed by atoms with van der Waals surface area (Å²) in [5, 5.41) is 4.54. The summed E-state index contributed by atoms with van der Waals surface area (Å²) in [6.45, 7) is 1.98. The molecule has 0 spiro atoms. The number of nitrogen functional groups attached to an aromatic ring is 1. The van der Waals surface area contributed by atoms with Crippen molar-refractivity contribution < 1.29 is 0 Å². The van der Waals surface area contributed by atoms with Crippen molar-refractivity contribution in [3.63, 3.8) is 0 Å². The van der Waals surface area contributed by atoms with E-state index in [0.29, 0.717) is 0 Å². The van der Waals surface area contributed by atoms with E-state index in [4.69, 9.17) is 5.73 Å². The monoisotopic (exact) mass is 224 g/mol.